The van der Waals surface area contributed by atoms with Gasteiger partial charge in [-0.2, -0.15) is 0 Å². The minimum absolute atomic E-state index is 0.00997. The predicted molar refractivity (Wildman–Crippen MR) is 75.5 cm³/mol. The Balaban J connectivity index is 3.95. The molecule has 21 heavy (non-hydrogen) atoms. The first kappa shape index (κ1) is 19.2. The van der Waals surface area contributed by atoms with Gasteiger partial charge in [-0.1, -0.05) is 20.8 Å². The van der Waals surface area contributed by atoms with Crippen LogP contribution in [0.5, 0.6) is 0 Å². The lowest BCUT2D eigenvalue weighted by molar-refractivity contribution is -0.152. The van der Waals surface area contributed by atoms with Crippen molar-refractivity contribution in [3.05, 3.63) is 0 Å². The Labute approximate surface area is 125 Å². The molecule has 0 spiro atoms. The quantitative estimate of drug-likeness (QED) is 0.473. The molecule has 0 aromatic heterocycles. The number of carbonyl (C=O) groups excluding carboxylic acids is 2. The Bertz CT molecular complexity index is 342. The van der Waals surface area contributed by atoms with Crippen LogP contribution in [0.2, 0.25) is 0 Å². The van der Waals surface area contributed by atoms with Gasteiger partial charge in [0.25, 0.3) is 0 Å². The van der Waals surface area contributed by atoms with Crippen LogP contribution >= 0.6 is 0 Å². The third kappa shape index (κ3) is 11.7. The normalized spacial score (nSPS) is 11.8. The summed E-state index contributed by atoms with van der Waals surface area (Å²) in [4.78, 5) is 33.2. The number of amides is 1. The molecule has 7 nitrogen and oxygen atoms in total. The second-order valence-electron chi connectivity index (χ2n) is 5.29. The average molecular weight is 303 g/mol. The van der Waals surface area contributed by atoms with Crippen LogP contribution in [0.1, 0.15) is 46.5 Å². The number of esters is 1. The summed E-state index contributed by atoms with van der Waals surface area (Å²) >= 11 is 0. The first-order valence-corrected chi connectivity index (χ1v) is 7.13. The Morgan fingerprint density at radius 3 is 2.38 bits per heavy atom. The van der Waals surface area contributed by atoms with E-state index in [1.165, 1.54) is 0 Å². The fraction of sp³-hybridized carbons (Fsp3) is 0.786. The summed E-state index contributed by atoms with van der Waals surface area (Å²) in [5.74, 6) is -1.14. The minimum Gasteiger partial charge on any atom is -0.481 e. The smallest absolute Gasteiger partial charge is 0.410 e. The van der Waals surface area contributed by atoms with Crippen molar-refractivity contribution in [3.8, 4) is 0 Å². The molecule has 0 rings (SSSR count). The van der Waals surface area contributed by atoms with Gasteiger partial charge in [-0.25, -0.2) is 4.79 Å². The molecule has 0 radical (unpaired) electrons. The van der Waals surface area contributed by atoms with Crippen molar-refractivity contribution in [1.82, 2.24) is 5.32 Å². The standard InChI is InChI=1S/C14H25NO6/c1-4-5-13(18)20-9-21-14(19)15-8-11(6-10(2)3)7-12(16)17/h10-11H,4-9H2,1-3H3,(H,15,19)(H,16,17). The molecule has 1 unspecified atom stereocenters. The molecule has 122 valence electrons. The van der Waals surface area contributed by atoms with E-state index in [9.17, 15) is 14.4 Å². The van der Waals surface area contributed by atoms with Gasteiger partial charge in [0.15, 0.2) is 0 Å². The van der Waals surface area contributed by atoms with Gasteiger partial charge in [0, 0.05) is 19.4 Å². The molecule has 1 atom stereocenters. The largest absolute Gasteiger partial charge is 0.481 e. The highest BCUT2D eigenvalue weighted by Crippen LogP contribution is 2.14. The molecule has 0 aliphatic carbocycles. The van der Waals surface area contributed by atoms with Crippen LogP contribution < -0.4 is 5.32 Å². The monoisotopic (exact) mass is 303 g/mol. The maximum atomic E-state index is 11.4. The van der Waals surface area contributed by atoms with E-state index in [4.69, 9.17) is 5.11 Å². The number of carbonyl (C=O) groups is 3. The summed E-state index contributed by atoms with van der Waals surface area (Å²) in [7, 11) is 0. The molecule has 1 amide bonds. The SMILES string of the molecule is CCCC(=O)OCOC(=O)NCC(CC(=O)O)CC(C)C. The van der Waals surface area contributed by atoms with Gasteiger partial charge in [0.2, 0.25) is 6.79 Å². The number of rotatable bonds is 10. The van der Waals surface area contributed by atoms with Gasteiger partial charge in [0.05, 0.1) is 0 Å². The van der Waals surface area contributed by atoms with Crippen molar-refractivity contribution in [2.45, 2.75) is 46.5 Å². The van der Waals surface area contributed by atoms with E-state index in [0.717, 1.165) is 0 Å². The molecule has 2 N–H and O–H groups in total. The number of ether oxygens (including phenoxy) is 2. The topological polar surface area (TPSA) is 102 Å². The van der Waals surface area contributed by atoms with Gasteiger partial charge in [0.1, 0.15) is 0 Å². The van der Waals surface area contributed by atoms with E-state index in [0.29, 0.717) is 18.8 Å². The van der Waals surface area contributed by atoms with Gasteiger partial charge in [-0.3, -0.25) is 9.59 Å². The molecule has 0 saturated heterocycles. The lowest BCUT2D eigenvalue weighted by atomic mass is 9.94. The fourth-order valence-electron chi connectivity index (χ4n) is 1.86. The van der Waals surface area contributed by atoms with Crippen LogP contribution in [-0.2, 0) is 19.1 Å². The zero-order valence-corrected chi connectivity index (χ0v) is 12.9. The van der Waals surface area contributed by atoms with Crippen LogP contribution in [-0.4, -0.2) is 36.5 Å². The second-order valence-corrected chi connectivity index (χ2v) is 5.29. The van der Waals surface area contributed by atoms with Gasteiger partial charge < -0.3 is 19.9 Å². The molecule has 0 aliphatic rings. The van der Waals surface area contributed by atoms with Crippen molar-refractivity contribution < 1.29 is 29.0 Å². The third-order valence-electron chi connectivity index (χ3n) is 2.67. The lowest BCUT2D eigenvalue weighted by Gasteiger charge is -2.17. The summed E-state index contributed by atoms with van der Waals surface area (Å²) < 4.78 is 9.35. The second kappa shape index (κ2) is 10.9. The Morgan fingerprint density at radius 1 is 1.19 bits per heavy atom. The molecule has 0 saturated carbocycles. The maximum Gasteiger partial charge on any atom is 0.410 e. The number of hydrogen-bond acceptors (Lipinski definition) is 5. The lowest BCUT2D eigenvalue weighted by Crippen LogP contribution is -2.32. The van der Waals surface area contributed by atoms with Crippen molar-refractivity contribution in [2.75, 3.05) is 13.3 Å². The van der Waals surface area contributed by atoms with Crippen LogP contribution in [0, 0.1) is 11.8 Å². The maximum absolute atomic E-state index is 11.4. The Morgan fingerprint density at radius 2 is 1.86 bits per heavy atom. The summed E-state index contributed by atoms with van der Waals surface area (Å²) in [5, 5.41) is 11.3. The zero-order chi connectivity index (χ0) is 16.3. The molecule has 0 aromatic carbocycles. The Kier molecular flexibility index (Phi) is 10.0. The summed E-state index contributed by atoms with van der Waals surface area (Å²) in [6.45, 7) is 5.59. The summed E-state index contributed by atoms with van der Waals surface area (Å²) in [6.07, 6.45) is 0.901. The van der Waals surface area contributed by atoms with Crippen molar-refractivity contribution >= 4 is 18.0 Å². The molecule has 7 heteroatoms. The number of carboxylic acid groups (broad SMARTS) is 1. The van der Waals surface area contributed by atoms with E-state index in [1.807, 2.05) is 20.8 Å². The molecule has 0 aliphatic heterocycles. The fourth-order valence-corrected chi connectivity index (χ4v) is 1.86. The zero-order valence-electron chi connectivity index (χ0n) is 12.9. The van der Waals surface area contributed by atoms with Crippen molar-refractivity contribution in [3.63, 3.8) is 0 Å². The van der Waals surface area contributed by atoms with Gasteiger partial charge >= 0.3 is 18.0 Å². The molecular formula is C14H25NO6. The number of hydrogen-bond donors (Lipinski definition) is 2. The van der Waals surface area contributed by atoms with Crippen LogP contribution in [0.4, 0.5) is 4.79 Å². The van der Waals surface area contributed by atoms with Crippen LogP contribution in [0.15, 0.2) is 0 Å². The number of carboxylic acids is 1. The molecule has 0 heterocycles. The number of alkyl carbamates (subject to hydrolysis) is 1. The molecule has 0 bridgehead atoms. The van der Waals surface area contributed by atoms with Crippen molar-refractivity contribution in [1.29, 1.82) is 0 Å². The number of aliphatic carboxylic acids is 1. The first-order chi connectivity index (χ1) is 9.85. The highest BCUT2D eigenvalue weighted by atomic mass is 16.7. The van der Waals surface area contributed by atoms with E-state index >= 15 is 0 Å². The minimum atomic E-state index is -0.899. The van der Waals surface area contributed by atoms with E-state index in [-0.39, 0.29) is 25.3 Å². The highest BCUT2D eigenvalue weighted by Gasteiger charge is 2.16. The van der Waals surface area contributed by atoms with Gasteiger partial charge in [-0.15, -0.1) is 0 Å². The highest BCUT2D eigenvalue weighted by molar-refractivity contribution is 5.70. The van der Waals surface area contributed by atoms with E-state index in [2.05, 4.69) is 14.8 Å². The molecule has 0 aromatic rings. The molecular weight excluding hydrogens is 278 g/mol. The average Bonchev–Trinajstić information content (AvgIpc) is 2.35. The van der Waals surface area contributed by atoms with Crippen LogP contribution in [0.25, 0.3) is 0 Å². The van der Waals surface area contributed by atoms with E-state index < -0.39 is 24.8 Å². The Hall–Kier alpha value is -1.79. The number of nitrogens with one attached hydrogen (secondary N) is 1. The summed E-state index contributed by atoms with van der Waals surface area (Å²) in [5.41, 5.74) is 0. The van der Waals surface area contributed by atoms with E-state index in [1.54, 1.807) is 0 Å². The first-order valence-electron chi connectivity index (χ1n) is 7.13. The van der Waals surface area contributed by atoms with Crippen LogP contribution in [0.3, 0.4) is 0 Å². The van der Waals surface area contributed by atoms with Crippen molar-refractivity contribution in [2.24, 2.45) is 11.8 Å². The predicted octanol–water partition coefficient (Wildman–Crippen LogP) is 2.15. The third-order valence-corrected chi connectivity index (χ3v) is 2.67. The summed E-state index contributed by atoms with van der Waals surface area (Å²) in [6, 6.07) is 0. The van der Waals surface area contributed by atoms with Gasteiger partial charge in [-0.05, 0) is 24.7 Å². The molecule has 0 fully saturated rings.